The van der Waals surface area contributed by atoms with Gasteiger partial charge in [-0.15, -0.1) is 0 Å². The first-order chi connectivity index (χ1) is 7.13. The first-order valence-electron chi connectivity index (χ1n) is 5.16. The van der Waals surface area contributed by atoms with Crippen molar-refractivity contribution in [2.45, 2.75) is 12.8 Å². The molecule has 15 heavy (non-hydrogen) atoms. The van der Waals surface area contributed by atoms with Crippen LogP contribution < -0.4 is 0 Å². The first-order valence-corrected chi connectivity index (χ1v) is 6.77. The lowest BCUT2D eigenvalue weighted by Gasteiger charge is -2.11. The predicted molar refractivity (Wildman–Crippen MR) is 60.2 cm³/mol. The van der Waals surface area contributed by atoms with Crippen LogP contribution in [0.25, 0.3) is 0 Å². The Morgan fingerprint density at radius 1 is 1.33 bits per heavy atom. The van der Waals surface area contributed by atoms with E-state index < -0.39 is 10.0 Å². The molecule has 4 heteroatoms. The zero-order valence-corrected chi connectivity index (χ0v) is 9.57. The highest BCUT2D eigenvalue weighted by molar-refractivity contribution is 7.89. The number of sulfonamides is 1. The Labute approximate surface area is 90.8 Å². The van der Waals surface area contributed by atoms with E-state index in [1.165, 1.54) is 0 Å². The molecule has 0 spiro atoms. The van der Waals surface area contributed by atoms with Crippen molar-refractivity contribution in [2.24, 2.45) is 0 Å². The zero-order chi connectivity index (χ0) is 10.9. The summed E-state index contributed by atoms with van der Waals surface area (Å²) in [6, 6.07) is 9.86. The van der Waals surface area contributed by atoms with Gasteiger partial charge in [-0.1, -0.05) is 37.3 Å². The van der Waals surface area contributed by atoms with Gasteiger partial charge >= 0.3 is 0 Å². The van der Waals surface area contributed by atoms with Gasteiger partial charge in [0.1, 0.15) is 0 Å². The predicted octanol–water partition coefficient (Wildman–Crippen LogP) is 1.44. The van der Waals surface area contributed by atoms with E-state index in [1.54, 1.807) is 4.31 Å². The van der Waals surface area contributed by atoms with Crippen LogP contribution in [0, 0.1) is 0 Å². The van der Waals surface area contributed by atoms with E-state index in [2.05, 4.69) is 0 Å². The number of benzene rings is 1. The summed E-state index contributed by atoms with van der Waals surface area (Å²) in [7, 11) is -3.00. The van der Waals surface area contributed by atoms with Crippen LogP contribution in [0.2, 0.25) is 0 Å². The fraction of sp³-hybridized carbons (Fsp3) is 0.455. The number of rotatable bonds is 2. The third-order valence-corrected chi connectivity index (χ3v) is 4.87. The Bertz CT molecular complexity index is 427. The third-order valence-electron chi connectivity index (χ3n) is 2.85. The molecule has 1 fully saturated rings. The molecule has 82 valence electrons. The molecule has 0 amide bonds. The van der Waals surface area contributed by atoms with Gasteiger partial charge in [0.25, 0.3) is 0 Å². The highest BCUT2D eigenvalue weighted by Crippen LogP contribution is 2.27. The minimum Gasteiger partial charge on any atom is -0.212 e. The van der Waals surface area contributed by atoms with Gasteiger partial charge in [0, 0.05) is 19.0 Å². The van der Waals surface area contributed by atoms with Crippen molar-refractivity contribution < 1.29 is 8.42 Å². The lowest BCUT2D eigenvalue weighted by atomic mass is 10.0. The Morgan fingerprint density at radius 3 is 2.53 bits per heavy atom. The minimum atomic E-state index is -3.00. The van der Waals surface area contributed by atoms with E-state index >= 15 is 0 Å². The molecule has 0 N–H and O–H groups in total. The van der Waals surface area contributed by atoms with Gasteiger partial charge in [0.05, 0.1) is 5.75 Å². The second-order valence-corrected chi connectivity index (χ2v) is 5.85. The van der Waals surface area contributed by atoms with Crippen molar-refractivity contribution >= 4 is 10.0 Å². The van der Waals surface area contributed by atoms with Gasteiger partial charge in [-0.2, -0.15) is 0 Å². The minimum absolute atomic E-state index is 0.135. The molecule has 1 aromatic carbocycles. The van der Waals surface area contributed by atoms with Crippen LogP contribution in [-0.4, -0.2) is 31.6 Å². The van der Waals surface area contributed by atoms with E-state index in [4.69, 9.17) is 0 Å². The largest absolute Gasteiger partial charge is 0.214 e. The third kappa shape index (κ3) is 2.06. The van der Waals surface area contributed by atoms with E-state index in [0.29, 0.717) is 13.1 Å². The van der Waals surface area contributed by atoms with Crippen molar-refractivity contribution in [1.82, 2.24) is 4.31 Å². The number of hydrogen-bond donors (Lipinski definition) is 0. The lowest BCUT2D eigenvalue weighted by molar-refractivity contribution is 0.450. The molecule has 0 aromatic heterocycles. The number of likely N-dealkylation sites (N-methyl/N-ethyl adjacent to an activating group) is 1. The maximum absolute atomic E-state index is 11.7. The summed E-state index contributed by atoms with van der Waals surface area (Å²) in [5.41, 5.74) is 1.12. The normalized spacial score (nSPS) is 25.5. The van der Waals surface area contributed by atoms with Crippen LogP contribution >= 0.6 is 0 Å². The molecule has 0 radical (unpaired) electrons. The zero-order valence-electron chi connectivity index (χ0n) is 8.76. The fourth-order valence-electron chi connectivity index (χ4n) is 2.02. The van der Waals surface area contributed by atoms with Gasteiger partial charge in [-0.25, -0.2) is 12.7 Å². The number of nitrogens with zero attached hydrogens (tertiary/aromatic N) is 1. The molecule has 1 saturated heterocycles. The van der Waals surface area contributed by atoms with Gasteiger partial charge < -0.3 is 0 Å². The van der Waals surface area contributed by atoms with Gasteiger partial charge in [-0.05, 0) is 5.56 Å². The number of hydrogen-bond acceptors (Lipinski definition) is 2. The van der Waals surface area contributed by atoms with Crippen LogP contribution in [-0.2, 0) is 10.0 Å². The molecule has 1 aliphatic rings. The Kier molecular flexibility index (Phi) is 2.80. The van der Waals surface area contributed by atoms with Gasteiger partial charge in [0.2, 0.25) is 10.0 Å². The van der Waals surface area contributed by atoms with E-state index in [1.807, 2.05) is 37.3 Å². The summed E-state index contributed by atoms with van der Waals surface area (Å²) in [6.45, 7) is 3.08. The molecule has 2 rings (SSSR count). The second-order valence-electron chi connectivity index (χ2n) is 3.84. The van der Waals surface area contributed by atoms with E-state index in [0.717, 1.165) is 5.56 Å². The molecule has 0 bridgehead atoms. The second kappa shape index (κ2) is 3.94. The Hall–Kier alpha value is -0.870. The molecule has 1 atom stereocenters. The molecule has 0 saturated carbocycles. The van der Waals surface area contributed by atoms with Gasteiger partial charge in [-0.3, -0.25) is 0 Å². The standard InChI is InChI=1S/C11H15NO2S/c1-2-12-8-11(9-15(12,13)14)10-6-4-3-5-7-10/h3-7,11H,2,8-9H2,1H3. The molecular formula is C11H15NO2S. The summed E-state index contributed by atoms with van der Waals surface area (Å²) >= 11 is 0. The van der Waals surface area contributed by atoms with Crippen molar-refractivity contribution in [3.8, 4) is 0 Å². The van der Waals surface area contributed by atoms with Crippen LogP contribution in [0.5, 0.6) is 0 Å². The quantitative estimate of drug-likeness (QED) is 0.763. The lowest BCUT2D eigenvalue weighted by Crippen LogP contribution is -2.25. The summed E-state index contributed by atoms with van der Waals surface area (Å²) in [6.07, 6.45) is 0. The Morgan fingerprint density at radius 2 is 2.00 bits per heavy atom. The average molecular weight is 225 g/mol. The molecule has 1 heterocycles. The van der Waals surface area contributed by atoms with Crippen molar-refractivity contribution in [2.75, 3.05) is 18.8 Å². The average Bonchev–Trinajstić information content (AvgIpc) is 2.55. The maximum atomic E-state index is 11.7. The summed E-state index contributed by atoms with van der Waals surface area (Å²) < 4.78 is 25.0. The molecule has 1 unspecified atom stereocenters. The monoisotopic (exact) mass is 225 g/mol. The summed E-state index contributed by atoms with van der Waals surface area (Å²) in [5, 5.41) is 0. The summed E-state index contributed by atoms with van der Waals surface area (Å²) in [4.78, 5) is 0. The SMILES string of the molecule is CCN1CC(c2ccccc2)CS1(=O)=O. The first kappa shape index (κ1) is 10.6. The molecule has 1 aromatic rings. The molecule has 1 aliphatic heterocycles. The maximum Gasteiger partial charge on any atom is 0.214 e. The summed E-state index contributed by atoms with van der Waals surface area (Å²) in [5.74, 6) is 0.390. The van der Waals surface area contributed by atoms with Crippen molar-refractivity contribution in [3.63, 3.8) is 0 Å². The topological polar surface area (TPSA) is 37.4 Å². The Balaban J connectivity index is 2.23. The highest BCUT2D eigenvalue weighted by atomic mass is 32.2. The van der Waals surface area contributed by atoms with E-state index in [-0.39, 0.29) is 11.7 Å². The van der Waals surface area contributed by atoms with Crippen LogP contribution in [0.4, 0.5) is 0 Å². The van der Waals surface area contributed by atoms with Gasteiger partial charge in [0.15, 0.2) is 0 Å². The smallest absolute Gasteiger partial charge is 0.212 e. The molecular weight excluding hydrogens is 210 g/mol. The van der Waals surface area contributed by atoms with Crippen molar-refractivity contribution in [3.05, 3.63) is 35.9 Å². The van der Waals surface area contributed by atoms with Crippen LogP contribution in [0.1, 0.15) is 18.4 Å². The van der Waals surface area contributed by atoms with Crippen LogP contribution in [0.15, 0.2) is 30.3 Å². The highest BCUT2D eigenvalue weighted by Gasteiger charge is 2.35. The molecule has 3 nitrogen and oxygen atoms in total. The fourth-order valence-corrected chi connectivity index (χ4v) is 3.84. The van der Waals surface area contributed by atoms with Crippen molar-refractivity contribution in [1.29, 1.82) is 0 Å². The molecule has 0 aliphatic carbocycles. The van der Waals surface area contributed by atoms with Crippen LogP contribution in [0.3, 0.4) is 0 Å². The van der Waals surface area contributed by atoms with E-state index in [9.17, 15) is 8.42 Å².